The van der Waals surface area contributed by atoms with Gasteiger partial charge in [0.15, 0.2) is 0 Å². The van der Waals surface area contributed by atoms with Crippen LogP contribution in [0.3, 0.4) is 0 Å². The molecular formula is C15H23NO2. The molecule has 1 saturated carbocycles. The lowest BCUT2D eigenvalue weighted by molar-refractivity contribution is 0.106. The lowest BCUT2D eigenvalue weighted by Gasteiger charge is -2.22. The summed E-state index contributed by atoms with van der Waals surface area (Å²) in [5, 5.41) is 13.0. The average Bonchev–Trinajstić information content (AvgIpc) is 2.85. The first-order valence-corrected chi connectivity index (χ1v) is 6.80. The Morgan fingerprint density at radius 1 is 1.33 bits per heavy atom. The van der Waals surface area contributed by atoms with Crippen molar-refractivity contribution in [2.24, 2.45) is 0 Å². The number of hydrogen-bond donors (Lipinski definition) is 2. The van der Waals surface area contributed by atoms with Gasteiger partial charge in [-0.15, -0.1) is 0 Å². The number of hydrogen-bond acceptors (Lipinski definition) is 3. The van der Waals surface area contributed by atoms with Crippen molar-refractivity contribution in [2.45, 2.75) is 50.8 Å². The van der Waals surface area contributed by atoms with Crippen molar-refractivity contribution in [3.05, 3.63) is 29.8 Å². The predicted octanol–water partition coefficient (Wildman–Crippen LogP) is 3.00. The Hall–Kier alpha value is -1.06. The van der Waals surface area contributed by atoms with Gasteiger partial charge in [0.25, 0.3) is 0 Å². The van der Waals surface area contributed by atoms with Crippen LogP contribution in [0.2, 0.25) is 0 Å². The van der Waals surface area contributed by atoms with Gasteiger partial charge in [0, 0.05) is 19.2 Å². The van der Waals surface area contributed by atoms with Crippen LogP contribution in [0.15, 0.2) is 24.3 Å². The fourth-order valence-electron chi connectivity index (χ4n) is 2.75. The van der Waals surface area contributed by atoms with E-state index in [1.165, 1.54) is 12.0 Å². The maximum absolute atomic E-state index is 9.33. The van der Waals surface area contributed by atoms with Crippen molar-refractivity contribution < 1.29 is 9.84 Å². The van der Waals surface area contributed by atoms with Crippen LogP contribution in [-0.4, -0.2) is 24.4 Å². The quantitative estimate of drug-likeness (QED) is 0.843. The second-order valence-corrected chi connectivity index (χ2v) is 5.09. The highest BCUT2D eigenvalue weighted by atomic mass is 16.5. The van der Waals surface area contributed by atoms with Crippen LogP contribution in [0.5, 0.6) is 5.75 Å². The SMILES string of the molecule is CCC(NC1CCC(OC)C1)c1ccc(O)cc1. The molecule has 0 aliphatic heterocycles. The highest BCUT2D eigenvalue weighted by molar-refractivity contribution is 5.28. The molecular weight excluding hydrogens is 226 g/mol. The fraction of sp³-hybridized carbons (Fsp3) is 0.600. The van der Waals surface area contributed by atoms with Gasteiger partial charge in [-0.2, -0.15) is 0 Å². The molecule has 1 aromatic carbocycles. The zero-order valence-corrected chi connectivity index (χ0v) is 11.2. The van der Waals surface area contributed by atoms with E-state index in [1.807, 2.05) is 12.1 Å². The third kappa shape index (κ3) is 3.24. The number of aromatic hydroxyl groups is 1. The van der Waals surface area contributed by atoms with Gasteiger partial charge < -0.3 is 15.2 Å². The maximum atomic E-state index is 9.33. The minimum absolute atomic E-state index is 0.328. The Balaban J connectivity index is 1.95. The normalized spacial score (nSPS) is 25.2. The van der Waals surface area contributed by atoms with E-state index in [1.54, 1.807) is 19.2 Å². The van der Waals surface area contributed by atoms with Crippen LogP contribution in [0.25, 0.3) is 0 Å². The van der Waals surface area contributed by atoms with Gasteiger partial charge in [0.1, 0.15) is 5.75 Å². The number of phenolic OH excluding ortho intramolecular Hbond substituents is 1. The largest absolute Gasteiger partial charge is 0.508 e. The Kier molecular flexibility index (Phi) is 4.61. The van der Waals surface area contributed by atoms with E-state index in [9.17, 15) is 5.11 Å². The minimum atomic E-state index is 0.328. The molecule has 100 valence electrons. The molecule has 3 atom stereocenters. The zero-order chi connectivity index (χ0) is 13.0. The zero-order valence-electron chi connectivity index (χ0n) is 11.2. The van der Waals surface area contributed by atoms with E-state index in [-0.39, 0.29) is 0 Å². The molecule has 0 spiro atoms. The number of rotatable bonds is 5. The van der Waals surface area contributed by atoms with Gasteiger partial charge in [-0.3, -0.25) is 0 Å². The van der Waals surface area contributed by atoms with E-state index in [4.69, 9.17) is 4.74 Å². The van der Waals surface area contributed by atoms with Crippen LogP contribution in [0.4, 0.5) is 0 Å². The van der Waals surface area contributed by atoms with Gasteiger partial charge in [-0.1, -0.05) is 19.1 Å². The number of phenols is 1. The number of benzene rings is 1. The number of ether oxygens (including phenoxy) is 1. The molecule has 1 fully saturated rings. The van der Waals surface area contributed by atoms with Crippen LogP contribution in [-0.2, 0) is 4.74 Å². The standard InChI is InChI=1S/C15H23NO2/c1-3-15(11-4-7-13(17)8-5-11)16-12-6-9-14(10-12)18-2/h4-5,7-8,12,14-17H,3,6,9-10H2,1-2H3. The lowest BCUT2D eigenvalue weighted by Crippen LogP contribution is -2.31. The van der Waals surface area contributed by atoms with Crippen molar-refractivity contribution in [3.8, 4) is 5.75 Å². The van der Waals surface area contributed by atoms with Crippen LogP contribution in [0, 0.1) is 0 Å². The molecule has 0 bridgehead atoms. The average molecular weight is 249 g/mol. The summed E-state index contributed by atoms with van der Waals surface area (Å²) in [6.45, 7) is 2.19. The Morgan fingerprint density at radius 2 is 2.06 bits per heavy atom. The van der Waals surface area contributed by atoms with Crippen molar-refractivity contribution in [1.29, 1.82) is 0 Å². The molecule has 0 radical (unpaired) electrons. The fourth-order valence-corrected chi connectivity index (χ4v) is 2.75. The summed E-state index contributed by atoms with van der Waals surface area (Å²) in [7, 11) is 1.80. The topological polar surface area (TPSA) is 41.5 Å². The highest BCUT2D eigenvalue weighted by Crippen LogP contribution is 2.26. The summed E-state index contributed by atoms with van der Waals surface area (Å²) in [6, 6.07) is 8.43. The van der Waals surface area contributed by atoms with E-state index < -0.39 is 0 Å². The Bertz CT molecular complexity index is 363. The van der Waals surface area contributed by atoms with Crippen LogP contribution < -0.4 is 5.32 Å². The van der Waals surface area contributed by atoms with Crippen molar-refractivity contribution in [3.63, 3.8) is 0 Å². The molecule has 3 unspecified atom stereocenters. The second kappa shape index (κ2) is 6.21. The molecule has 2 N–H and O–H groups in total. The third-order valence-corrected chi connectivity index (χ3v) is 3.86. The Labute approximate surface area is 109 Å². The first-order valence-electron chi connectivity index (χ1n) is 6.80. The highest BCUT2D eigenvalue weighted by Gasteiger charge is 2.26. The molecule has 0 amide bonds. The second-order valence-electron chi connectivity index (χ2n) is 5.09. The molecule has 1 aliphatic carbocycles. The number of methoxy groups -OCH3 is 1. The van der Waals surface area contributed by atoms with E-state index in [0.29, 0.717) is 23.9 Å². The summed E-state index contributed by atoms with van der Waals surface area (Å²) >= 11 is 0. The maximum Gasteiger partial charge on any atom is 0.115 e. The third-order valence-electron chi connectivity index (χ3n) is 3.86. The summed E-state index contributed by atoms with van der Waals surface area (Å²) in [6.07, 6.45) is 4.91. The first-order chi connectivity index (χ1) is 8.72. The van der Waals surface area contributed by atoms with Crippen molar-refractivity contribution >= 4 is 0 Å². The molecule has 3 heteroatoms. The van der Waals surface area contributed by atoms with E-state index >= 15 is 0 Å². The van der Waals surface area contributed by atoms with Crippen LogP contribution >= 0.6 is 0 Å². The summed E-state index contributed by atoms with van der Waals surface area (Å²) in [5.41, 5.74) is 1.25. The summed E-state index contributed by atoms with van der Waals surface area (Å²) in [4.78, 5) is 0. The van der Waals surface area contributed by atoms with Gasteiger partial charge in [-0.25, -0.2) is 0 Å². The molecule has 0 saturated heterocycles. The van der Waals surface area contributed by atoms with Gasteiger partial charge in [0.2, 0.25) is 0 Å². The summed E-state index contributed by atoms with van der Waals surface area (Å²) < 4.78 is 5.40. The minimum Gasteiger partial charge on any atom is -0.508 e. The lowest BCUT2D eigenvalue weighted by atomic mass is 10.0. The van der Waals surface area contributed by atoms with Gasteiger partial charge >= 0.3 is 0 Å². The molecule has 2 rings (SSSR count). The molecule has 18 heavy (non-hydrogen) atoms. The molecule has 1 aromatic rings. The van der Waals surface area contributed by atoms with Crippen molar-refractivity contribution in [1.82, 2.24) is 5.32 Å². The molecule has 0 aromatic heterocycles. The predicted molar refractivity (Wildman–Crippen MR) is 72.7 cm³/mol. The first kappa shape index (κ1) is 13.4. The number of nitrogens with one attached hydrogen (secondary N) is 1. The van der Waals surface area contributed by atoms with Gasteiger partial charge in [-0.05, 0) is 43.4 Å². The van der Waals surface area contributed by atoms with E-state index in [0.717, 1.165) is 19.3 Å². The summed E-state index contributed by atoms with van der Waals surface area (Å²) in [5.74, 6) is 0.328. The molecule has 0 heterocycles. The smallest absolute Gasteiger partial charge is 0.115 e. The van der Waals surface area contributed by atoms with Crippen LogP contribution in [0.1, 0.15) is 44.2 Å². The molecule has 3 nitrogen and oxygen atoms in total. The Morgan fingerprint density at radius 3 is 2.61 bits per heavy atom. The van der Waals surface area contributed by atoms with E-state index in [2.05, 4.69) is 12.2 Å². The van der Waals surface area contributed by atoms with Gasteiger partial charge in [0.05, 0.1) is 6.10 Å². The van der Waals surface area contributed by atoms with Crippen molar-refractivity contribution in [2.75, 3.05) is 7.11 Å². The monoisotopic (exact) mass is 249 g/mol. The molecule has 1 aliphatic rings.